The van der Waals surface area contributed by atoms with E-state index in [1.165, 1.54) is 24.3 Å². The first-order valence-electron chi connectivity index (χ1n) is 6.91. The molecule has 0 radical (unpaired) electrons. The Morgan fingerprint density at radius 1 is 1.47 bits per heavy atom. The average molecular weight is 285 g/mol. The zero-order valence-corrected chi connectivity index (χ0v) is 12.0. The molecule has 2 rings (SSSR count). The second kappa shape index (κ2) is 8.64. The summed E-state index contributed by atoms with van der Waals surface area (Å²) in [5.41, 5.74) is 0. The lowest BCUT2D eigenvalue weighted by molar-refractivity contribution is 0.0223. The Bertz CT molecular complexity index is 325. The molecule has 1 aliphatic heterocycles. The number of aliphatic hydroxyl groups excluding tert-OH is 1. The summed E-state index contributed by atoms with van der Waals surface area (Å²) >= 11 is 2.04. The average Bonchev–Trinajstić information content (AvgIpc) is 2.93. The standard InChI is InChI=1S/C14H23NO3S/c16-13(10-17-11-14-2-1-5-18-14)9-15-8-12-3-6-19-7-4-12/h1-2,5,12-13,15-16H,3-4,6-11H2. The van der Waals surface area contributed by atoms with Crippen LogP contribution >= 0.6 is 11.8 Å². The van der Waals surface area contributed by atoms with Gasteiger partial charge >= 0.3 is 0 Å². The lowest BCUT2D eigenvalue weighted by atomic mass is 10.0. The van der Waals surface area contributed by atoms with Crippen molar-refractivity contribution in [3.8, 4) is 0 Å². The molecule has 2 N–H and O–H groups in total. The fourth-order valence-electron chi connectivity index (χ4n) is 2.15. The SMILES string of the molecule is OC(CNCC1CCSCC1)COCc1ccco1. The van der Waals surface area contributed by atoms with Crippen molar-refractivity contribution in [2.45, 2.75) is 25.6 Å². The highest BCUT2D eigenvalue weighted by molar-refractivity contribution is 7.99. The van der Waals surface area contributed by atoms with Crippen LogP contribution in [0.5, 0.6) is 0 Å². The molecule has 5 heteroatoms. The Labute approximate surface area is 118 Å². The van der Waals surface area contributed by atoms with Gasteiger partial charge in [0, 0.05) is 6.54 Å². The van der Waals surface area contributed by atoms with Crippen molar-refractivity contribution in [2.24, 2.45) is 5.92 Å². The third kappa shape index (κ3) is 5.99. The van der Waals surface area contributed by atoms with Crippen molar-refractivity contribution in [1.82, 2.24) is 5.32 Å². The molecular formula is C14H23NO3S. The van der Waals surface area contributed by atoms with Crippen LogP contribution < -0.4 is 5.32 Å². The normalized spacial score (nSPS) is 18.6. The molecular weight excluding hydrogens is 262 g/mol. The number of hydrogen-bond donors (Lipinski definition) is 2. The van der Waals surface area contributed by atoms with Crippen LogP contribution in [-0.4, -0.2) is 42.4 Å². The monoisotopic (exact) mass is 285 g/mol. The summed E-state index contributed by atoms with van der Waals surface area (Å²) in [4.78, 5) is 0. The molecule has 0 spiro atoms. The maximum absolute atomic E-state index is 9.79. The van der Waals surface area contributed by atoms with Crippen LogP contribution in [0.15, 0.2) is 22.8 Å². The molecule has 1 aromatic heterocycles. The second-order valence-corrected chi connectivity index (χ2v) is 6.19. The fraction of sp³-hybridized carbons (Fsp3) is 0.714. The van der Waals surface area contributed by atoms with Gasteiger partial charge in [-0.05, 0) is 48.9 Å². The minimum Gasteiger partial charge on any atom is -0.467 e. The molecule has 1 unspecified atom stereocenters. The lowest BCUT2D eigenvalue weighted by Gasteiger charge is -2.22. The van der Waals surface area contributed by atoms with Crippen molar-refractivity contribution in [1.29, 1.82) is 0 Å². The molecule has 0 amide bonds. The Balaban J connectivity index is 1.48. The van der Waals surface area contributed by atoms with E-state index in [9.17, 15) is 5.11 Å². The van der Waals surface area contributed by atoms with E-state index in [0.717, 1.165) is 18.2 Å². The van der Waals surface area contributed by atoms with Gasteiger partial charge in [-0.25, -0.2) is 0 Å². The highest BCUT2D eigenvalue weighted by Gasteiger charge is 2.13. The van der Waals surface area contributed by atoms with E-state index in [4.69, 9.17) is 9.15 Å². The predicted molar refractivity (Wildman–Crippen MR) is 77.3 cm³/mol. The van der Waals surface area contributed by atoms with Gasteiger partial charge in [-0.1, -0.05) is 0 Å². The highest BCUT2D eigenvalue weighted by Crippen LogP contribution is 2.21. The molecule has 0 saturated carbocycles. The highest BCUT2D eigenvalue weighted by atomic mass is 32.2. The molecule has 1 atom stereocenters. The third-order valence-corrected chi connectivity index (χ3v) is 4.34. The van der Waals surface area contributed by atoms with Gasteiger partial charge in [0.1, 0.15) is 12.4 Å². The van der Waals surface area contributed by atoms with Gasteiger partial charge in [-0.2, -0.15) is 11.8 Å². The minimum absolute atomic E-state index is 0.341. The first-order chi connectivity index (χ1) is 9.34. The van der Waals surface area contributed by atoms with Gasteiger partial charge in [0.05, 0.1) is 19.0 Å². The van der Waals surface area contributed by atoms with Crippen molar-refractivity contribution in [3.05, 3.63) is 24.2 Å². The number of aliphatic hydroxyl groups is 1. The Morgan fingerprint density at radius 2 is 2.32 bits per heavy atom. The predicted octanol–water partition coefficient (Wildman–Crippen LogP) is 1.89. The van der Waals surface area contributed by atoms with Crippen LogP contribution in [0.2, 0.25) is 0 Å². The summed E-state index contributed by atoms with van der Waals surface area (Å²) in [6, 6.07) is 3.70. The maximum atomic E-state index is 9.79. The molecule has 1 saturated heterocycles. The van der Waals surface area contributed by atoms with Gasteiger partial charge in [0.2, 0.25) is 0 Å². The number of nitrogens with one attached hydrogen (secondary N) is 1. The fourth-order valence-corrected chi connectivity index (χ4v) is 3.36. The maximum Gasteiger partial charge on any atom is 0.129 e. The van der Waals surface area contributed by atoms with E-state index in [1.807, 2.05) is 23.9 Å². The Kier molecular flexibility index (Phi) is 6.78. The smallest absolute Gasteiger partial charge is 0.129 e. The first kappa shape index (κ1) is 14.9. The van der Waals surface area contributed by atoms with Gasteiger partial charge in [-0.3, -0.25) is 0 Å². The Morgan fingerprint density at radius 3 is 3.05 bits per heavy atom. The van der Waals surface area contributed by atoms with E-state index >= 15 is 0 Å². The number of rotatable bonds is 8. The van der Waals surface area contributed by atoms with Gasteiger partial charge in [0.25, 0.3) is 0 Å². The number of thioether (sulfide) groups is 1. The van der Waals surface area contributed by atoms with Crippen molar-refractivity contribution < 1.29 is 14.3 Å². The summed E-state index contributed by atoms with van der Waals surface area (Å²) in [5.74, 6) is 4.12. The molecule has 1 aromatic rings. The van der Waals surface area contributed by atoms with Crippen LogP contribution in [0.4, 0.5) is 0 Å². The van der Waals surface area contributed by atoms with Crippen LogP contribution in [-0.2, 0) is 11.3 Å². The molecule has 108 valence electrons. The molecule has 0 aliphatic carbocycles. The summed E-state index contributed by atoms with van der Waals surface area (Å²) < 4.78 is 10.5. The molecule has 1 aliphatic rings. The zero-order valence-electron chi connectivity index (χ0n) is 11.2. The minimum atomic E-state index is -0.451. The van der Waals surface area contributed by atoms with Crippen LogP contribution in [0.25, 0.3) is 0 Å². The molecule has 4 nitrogen and oxygen atoms in total. The molecule has 2 heterocycles. The van der Waals surface area contributed by atoms with Crippen LogP contribution in [0.3, 0.4) is 0 Å². The largest absolute Gasteiger partial charge is 0.467 e. The van der Waals surface area contributed by atoms with E-state index in [1.54, 1.807) is 6.26 Å². The van der Waals surface area contributed by atoms with Crippen LogP contribution in [0.1, 0.15) is 18.6 Å². The number of ether oxygens (including phenoxy) is 1. The van der Waals surface area contributed by atoms with Gasteiger partial charge < -0.3 is 19.6 Å². The second-order valence-electron chi connectivity index (χ2n) is 4.96. The summed E-state index contributed by atoms with van der Waals surface area (Å²) in [6.45, 7) is 2.37. The Hall–Kier alpha value is -0.490. The van der Waals surface area contributed by atoms with E-state index < -0.39 is 6.10 Å². The number of furan rings is 1. The van der Waals surface area contributed by atoms with E-state index in [2.05, 4.69) is 5.32 Å². The van der Waals surface area contributed by atoms with Crippen molar-refractivity contribution >= 4 is 11.8 Å². The molecule has 0 bridgehead atoms. The van der Waals surface area contributed by atoms with Crippen LogP contribution in [0, 0.1) is 5.92 Å². The molecule has 0 aromatic carbocycles. The van der Waals surface area contributed by atoms with Gasteiger partial charge in [0.15, 0.2) is 0 Å². The lowest BCUT2D eigenvalue weighted by Crippen LogP contribution is -2.34. The third-order valence-electron chi connectivity index (χ3n) is 3.29. The number of hydrogen-bond acceptors (Lipinski definition) is 5. The summed E-state index contributed by atoms with van der Waals surface area (Å²) in [5, 5.41) is 13.1. The van der Waals surface area contributed by atoms with Crippen molar-refractivity contribution in [3.63, 3.8) is 0 Å². The first-order valence-corrected chi connectivity index (χ1v) is 8.06. The topological polar surface area (TPSA) is 54.6 Å². The summed E-state index contributed by atoms with van der Waals surface area (Å²) in [6.07, 6.45) is 3.76. The van der Waals surface area contributed by atoms with Gasteiger partial charge in [-0.15, -0.1) is 0 Å². The van der Waals surface area contributed by atoms with E-state index in [0.29, 0.717) is 19.8 Å². The zero-order chi connectivity index (χ0) is 13.3. The summed E-state index contributed by atoms with van der Waals surface area (Å²) in [7, 11) is 0. The van der Waals surface area contributed by atoms with Crippen molar-refractivity contribution in [2.75, 3.05) is 31.2 Å². The van der Waals surface area contributed by atoms with E-state index in [-0.39, 0.29) is 0 Å². The quantitative estimate of drug-likeness (QED) is 0.764. The molecule has 19 heavy (non-hydrogen) atoms. The molecule has 1 fully saturated rings.